The van der Waals surface area contributed by atoms with Crippen molar-refractivity contribution in [3.05, 3.63) is 23.3 Å². The largest absolute Gasteiger partial charge is 0.493 e. The van der Waals surface area contributed by atoms with Gasteiger partial charge in [0.15, 0.2) is 23.4 Å². The topological polar surface area (TPSA) is 55.8 Å². The Morgan fingerprint density at radius 1 is 1.32 bits per heavy atom. The molecule has 1 saturated heterocycles. The number of benzene rings is 1. The standard InChI is InChI=1S/C26H33NO4/c1-3-4-5-20(28)17-13-18-19-12-16-8-9-21(30-2)24-22(16)26(18,25(31-24)23(17)29)10-11-27(19)14-15-6-7-15/h8-9,15,17-19,25H,3-7,10-14H2,1-2H3. The molecule has 0 radical (unpaired) electrons. The highest BCUT2D eigenvalue weighted by Crippen LogP contribution is 2.64. The quantitative estimate of drug-likeness (QED) is 0.626. The van der Waals surface area contributed by atoms with Gasteiger partial charge in [-0.15, -0.1) is 0 Å². The number of piperidine rings is 1. The Morgan fingerprint density at radius 2 is 2.16 bits per heavy atom. The molecule has 1 aromatic carbocycles. The third-order valence-corrected chi connectivity index (χ3v) is 8.88. The van der Waals surface area contributed by atoms with E-state index >= 15 is 0 Å². The number of hydrogen-bond donors (Lipinski definition) is 0. The van der Waals surface area contributed by atoms with Crippen molar-refractivity contribution in [3.63, 3.8) is 0 Å². The van der Waals surface area contributed by atoms with Gasteiger partial charge in [0.2, 0.25) is 0 Å². The molecule has 166 valence electrons. The van der Waals surface area contributed by atoms with Crippen LogP contribution in [0.15, 0.2) is 12.1 Å². The molecule has 5 heteroatoms. The molecule has 2 bridgehead atoms. The number of ketones is 2. The summed E-state index contributed by atoms with van der Waals surface area (Å²) in [6, 6.07) is 4.59. The molecule has 5 aliphatic rings. The lowest BCUT2D eigenvalue weighted by Gasteiger charge is -2.58. The normalized spacial score (nSPS) is 35.5. The molecule has 1 spiro atoms. The number of likely N-dealkylation sites (tertiary alicyclic amines) is 1. The highest BCUT2D eigenvalue weighted by molar-refractivity contribution is 6.06. The first-order valence-electron chi connectivity index (χ1n) is 12.3. The zero-order chi connectivity index (χ0) is 21.3. The van der Waals surface area contributed by atoms with Crippen molar-refractivity contribution in [1.29, 1.82) is 0 Å². The van der Waals surface area contributed by atoms with Gasteiger partial charge in [0, 0.05) is 30.0 Å². The summed E-state index contributed by atoms with van der Waals surface area (Å²) in [6.45, 7) is 4.29. The van der Waals surface area contributed by atoms with Crippen molar-refractivity contribution in [2.45, 2.75) is 75.9 Å². The van der Waals surface area contributed by atoms with Crippen LogP contribution in [0.4, 0.5) is 0 Å². The van der Waals surface area contributed by atoms with Crippen LogP contribution in [0.3, 0.4) is 0 Å². The van der Waals surface area contributed by atoms with Crippen LogP contribution < -0.4 is 9.47 Å². The van der Waals surface area contributed by atoms with Crippen molar-refractivity contribution in [2.24, 2.45) is 17.8 Å². The molecule has 2 saturated carbocycles. The van der Waals surface area contributed by atoms with E-state index in [1.165, 1.54) is 30.5 Å². The van der Waals surface area contributed by atoms with Gasteiger partial charge in [-0.2, -0.15) is 0 Å². The number of carbonyl (C=O) groups is 2. The molecule has 6 rings (SSSR count). The second-order valence-corrected chi connectivity index (χ2v) is 10.5. The lowest BCUT2D eigenvalue weighted by atomic mass is 9.49. The molecule has 5 atom stereocenters. The number of Topliss-reactive ketones (excluding diaryl/α,β-unsaturated/α-hetero) is 2. The van der Waals surface area contributed by atoms with Crippen LogP contribution in [-0.2, 0) is 21.4 Å². The molecule has 0 aromatic heterocycles. The van der Waals surface area contributed by atoms with E-state index in [0.29, 0.717) is 24.8 Å². The van der Waals surface area contributed by atoms with E-state index in [9.17, 15) is 9.59 Å². The second kappa shape index (κ2) is 7.06. The van der Waals surface area contributed by atoms with Crippen LogP contribution in [0.2, 0.25) is 0 Å². The van der Waals surface area contributed by atoms with E-state index in [1.807, 2.05) is 6.07 Å². The zero-order valence-corrected chi connectivity index (χ0v) is 18.7. The van der Waals surface area contributed by atoms with Gasteiger partial charge < -0.3 is 9.47 Å². The van der Waals surface area contributed by atoms with Gasteiger partial charge in [-0.3, -0.25) is 14.5 Å². The first kappa shape index (κ1) is 19.8. The first-order chi connectivity index (χ1) is 15.1. The maximum atomic E-state index is 13.7. The van der Waals surface area contributed by atoms with Crippen LogP contribution >= 0.6 is 0 Å². The summed E-state index contributed by atoms with van der Waals surface area (Å²) < 4.78 is 12.1. The number of ether oxygens (including phenoxy) is 2. The minimum absolute atomic E-state index is 0.0258. The van der Waals surface area contributed by atoms with Crippen LogP contribution in [0.5, 0.6) is 11.5 Å². The first-order valence-corrected chi connectivity index (χ1v) is 12.3. The highest BCUT2D eigenvalue weighted by Gasteiger charge is 2.68. The molecule has 5 nitrogen and oxygen atoms in total. The van der Waals surface area contributed by atoms with Gasteiger partial charge in [-0.1, -0.05) is 19.4 Å². The molecule has 0 N–H and O–H groups in total. The fourth-order valence-electron chi connectivity index (χ4n) is 7.23. The molecule has 3 fully saturated rings. The predicted octanol–water partition coefficient (Wildman–Crippen LogP) is 3.70. The van der Waals surface area contributed by atoms with E-state index in [1.54, 1.807) is 7.11 Å². The molecule has 1 aromatic rings. The van der Waals surface area contributed by atoms with Crippen molar-refractivity contribution in [1.82, 2.24) is 4.90 Å². The van der Waals surface area contributed by atoms with Crippen molar-refractivity contribution >= 4 is 11.6 Å². The third-order valence-electron chi connectivity index (χ3n) is 8.88. The Balaban J connectivity index is 1.45. The maximum Gasteiger partial charge on any atom is 0.184 e. The van der Waals surface area contributed by atoms with Gasteiger partial charge in [0.05, 0.1) is 13.0 Å². The Labute approximate surface area is 184 Å². The van der Waals surface area contributed by atoms with Crippen LogP contribution in [0, 0.1) is 17.8 Å². The number of carbonyl (C=O) groups excluding carboxylic acids is 2. The monoisotopic (exact) mass is 423 g/mol. The lowest BCUT2D eigenvalue weighted by Crippen LogP contribution is -2.68. The zero-order valence-electron chi connectivity index (χ0n) is 18.7. The average molecular weight is 424 g/mol. The Morgan fingerprint density at radius 3 is 2.90 bits per heavy atom. The summed E-state index contributed by atoms with van der Waals surface area (Å²) in [7, 11) is 1.67. The average Bonchev–Trinajstić information content (AvgIpc) is 3.52. The molecule has 0 amide bonds. The van der Waals surface area contributed by atoms with Crippen molar-refractivity contribution in [2.75, 3.05) is 20.2 Å². The number of unbranched alkanes of at least 4 members (excludes halogenated alkanes) is 1. The summed E-state index contributed by atoms with van der Waals surface area (Å²) in [5.41, 5.74) is 2.28. The summed E-state index contributed by atoms with van der Waals surface area (Å²) in [4.78, 5) is 29.5. The van der Waals surface area contributed by atoms with Gasteiger partial charge in [0.25, 0.3) is 0 Å². The Bertz CT molecular complexity index is 938. The number of methoxy groups -OCH3 is 1. The Kier molecular flexibility index (Phi) is 4.51. The SMILES string of the molecule is CCCCC(=O)C1CC2C3Cc4ccc(OC)c5c4C2(CCN3CC2CC2)C(O5)C1=O. The van der Waals surface area contributed by atoms with Crippen LogP contribution in [0.25, 0.3) is 0 Å². The van der Waals surface area contributed by atoms with Gasteiger partial charge in [-0.25, -0.2) is 0 Å². The van der Waals surface area contributed by atoms with Gasteiger partial charge in [-0.05, 0) is 68.5 Å². The highest BCUT2D eigenvalue weighted by atomic mass is 16.5. The van der Waals surface area contributed by atoms with E-state index in [-0.39, 0.29) is 17.0 Å². The van der Waals surface area contributed by atoms with E-state index < -0.39 is 12.0 Å². The number of hydrogen-bond acceptors (Lipinski definition) is 5. The molecule has 3 aliphatic carbocycles. The van der Waals surface area contributed by atoms with Gasteiger partial charge in [0.1, 0.15) is 5.78 Å². The smallest absolute Gasteiger partial charge is 0.184 e. The minimum Gasteiger partial charge on any atom is -0.493 e. The molecule has 31 heavy (non-hydrogen) atoms. The maximum absolute atomic E-state index is 13.7. The molecule has 5 unspecified atom stereocenters. The van der Waals surface area contributed by atoms with Gasteiger partial charge >= 0.3 is 0 Å². The van der Waals surface area contributed by atoms with E-state index in [2.05, 4.69) is 17.9 Å². The van der Waals surface area contributed by atoms with Crippen molar-refractivity contribution in [3.8, 4) is 11.5 Å². The summed E-state index contributed by atoms with van der Waals surface area (Å²) >= 11 is 0. The summed E-state index contributed by atoms with van der Waals surface area (Å²) in [5.74, 6) is 2.30. The molecule has 2 aliphatic heterocycles. The summed E-state index contributed by atoms with van der Waals surface area (Å²) in [5, 5.41) is 0. The summed E-state index contributed by atoms with van der Waals surface area (Å²) in [6.07, 6.45) is 7.14. The predicted molar refractivity (Wildman–Crippen MR) is 117 cm³/mol. The fraction of sp³-hybridized carbons (Fsp3) is 0.692. The molecule has 2 heterocycles. The molecular weight excluding hydrogens is 390 g/mol. The van der Waals surface area contributed by atoms with E-state index in [0.717, 1.165) is 49.6 Å². The Hall–Kier alpha value is -1.88. The molecular formula is C26H33NO4. The van der Waals surface area contributed by atoms with Crippen LogP contribution in [-0.4, -0.2) is 48.8 Å². The van der Waals surface area contributed by atoms with Crippen molar-refractivity contribution < 1.29 is 19.1 Å². The minimum atomic E-state index is -0.530. The van der Waals surface area contributed by atoms with E-state index in [4.69, 9.17) is 9.47 Å². The fourth-order valence-corrected chi connectivity index (χ4v) is 7.23. The number of rotatable bonds is 7. The second-order valence-electron chi connectivity index (χ2n) is 10.5. The van der Waals surface area contributed by atoms with Crippen LogP contribution in [0.1, 0.15) is 63.0 Å². The third kappa shape index (κ3) is 2.71. The lowest BCUT2D eigenvalue weighted by molar-refractivity contribution is -0.151. The number of nitrogens with zero attached hydrogens (tertiary/aromatic N) is 1.